The lowest BCUT2D eigenvalue weighted by Crippen LogP contribution is -2.25. The maximum atomic E-state index is 12.1. The summed E-state index contributed by atoms with van der Waals surface area (Å²) in [5.74, 6) is 0. The number of sulfonamides is 1. The molecule has 0 aliphatic rings. The molecule has 0 heterocycles. The van der Waals surface area contributed by atoms with Crippen LogP contribution in [0.5, 0.6) is 0 Å². The highest BCUT2D eigenvalue weighted by atomic mass is 32.2. The van der Waals surface area contributed by atoms with Gasteiger partial charge in [-0.2, -0.15) is 0 Å². The van der Waals surface area contributed by atoms with E-state index in [-0.39, 0.29) is 4.90 Å². The van der Waals surface area contributed by atoms with Crippen LogP contribution in [0.25, 0.3) is 0 Å². The van der Waals surface area contributed by atoms with Crippen molar-refractivity contribution in [3.8, 4) is 0 Å². The van der Waals surface area contributed by atoms with Crippen LogP contribution in [-0.2, 0) is 14.8 Å². The number of ether oxygens (including phenoxy) is 1. The van der Waals surface area contributed by atoms with Crippen LogP contribution < -0.4 is 10.6 Å². The molecular formula is C12H21N3O3S. The summed E-state index contributed by atoms with van der Waals surface area (Å²) in [4.78, 5) is 2.10. The van der Waals surface area contributed by atoms with E-state index in [1.54, 1.807) is 19.2 Å². The average molecular weight is 287 g/mol. The van der Waals surface area contributed by atoms with Crippen LogP contribution in [0.2, 0.25) is 0 Å². The zero-order chi connectivity index (χ0) is 14.6. The quantitative estimate of drug-likeness (QED) is 0.776. The Morgan fingerprint density at radius 2 is 1.89 bits per heavy atom. The maximum absolute atomic E-state index is 12.1. The first-order chi connectivity index (χ1) is 8.80. The molecule has 0 aliphatic carbocycles. The van der Waals surface area contributed by atoms with Crippen LogP contribution in [0.3, 0.4) is 0 Å². The fourth-order valence-corrected chi connectivity index (χ4v) is 2.50. The molecule has 1 rings (SSSR count). The first-order valence-electron chi connectivity index (χ1n) is 5.83. The molecule has 0 bridgehead atoms. The first kappa shape index (κ1) is 15.7. The number of anilines is 2. The molecule has 7 heteroatoms. The van der Waals surface area contributed by atoms with E-state index >= 15 is 0 Å². The summed E-state index contributed by atoms with van der Waals surface area (Å²) < 4.78 is 30.3. The van der Waals surface area contributed by atoms with E-state index in [9.17, 15) is 8.42 Å². The van der Waals surface area contributed by atoms with Gasteiger partial charge in [0.1, 0.15) is 0 Å². The van der Waals surface area contributed by atoms with Gasteiger partial charge < -0.3 is 15.4 Å². The number of nitrogens with two attached hydrogens (primary N) is 1. The smallest absolute Gasteiger partial charge is 0.242 e. The number of benzene rings is 1. The van der Waals surface area contributed by atoms with Gasteiger partial charge in [-0.25, -0.2) is 12.7 Å². The van der Waals surface area contributed by atoms with E-state index in [0.29, 0.717) is 24.5 Å². The van der Waals surface area contributed by atoms with Crippen LogP contribution in [-0.4, -0.2) is 54.1 Å². The molecule has 0 saturated heterocycles. The van der Waals surface area contributed by atoms with Gasteiger partial charge in [-0.1, -0.05) is 0 Å². The van der Waals surface area contributed by atoms with Crippen molar-refractivity contribution in [3.63, 3.8) is 0 Å². The predicted octanol–water partition coefficient (Wildman–Crippen LogP) is 0.602. The third-order valence-corrected chi connectivity index (χ3v) is 4.63. The summed E-state index contributed by atoms with van der Waals surface area (Å²) in [6.45, 7) is 1.17. The standard InChI is InChI=1S/C12H21N3O3S/c1-14(2)19(16,17)10-5-6-11(13)12(9-10)15(3)7-8-18-4/h5-6,9H,7-8,13H2,1-4H3. The van der Waals surface area contributed by atoms with Crippen LogP contribution in [0.4, 0.5) is 11.4 Å². The Morgan fingerprint density at radius 1 is 1.26 bits per heavy atom. The highest BCUT2D eigenvalue weighted by molar-refractivity contribution is 7.89. The lowest BCUT2D eigenvalue weighted by Gasteiger charge is -2.22. The Morgan fingerprint density at radius 3 is 2.42 bits per heavy atom. The second-order valence-electron chi connectivity index (χ2n) is 4.42. The van der Waals surface area contributed by atoms with E-state index in [4.69, 9.17) is 10.5 Å². The number of nitrogen functional groups attached to an aromatic ring is 1. The third kappa shape index (κ3) is 3.59. The molecule has 0 amide bonds. The molecule has 1 aromatic carbocycles. The van der Waals surface area contributed by atoms with E-state index in [2.05, 4.69) is 0 Å². The molecule has 0 atom stereocenters. The highest BCUT2D eigenvalue weighted by Gasteiger charge is 2.19. The fourth-order valence-electron chi connectivity index (χ4n) is 1.57. The molecule has 6 nitrogen and oxygen atoms in total. The van der Waals surface area contributed by atoms with Crippen LogP contribution in [0, 0.1) is 0 Å². The summed E-state index contributed by atoms with van der Waals surface area (Å²) in [5, 5.41) is 0. The average Bonchev–Trinajstić information content (AvgIpc) is 2.36. The lowest BCUT2D eigenvalue weighted by molar-refractivity contribution is 0.206. The van der Waals surface area contributed by atoms with Crippen molar-refractivity contribution in [2.45, 2.75) is 4.90 Å². The highest BCUT2D eigenvalue weighted by Crippen LogP contribution is 2.26. The molecule has 0 spiro atoms. The van der Waals surface area contributed by atoms with Gasteiger partial charge in [0.25, 0.3) is 0 Å². The minimum Gasteiger partial charge on any atom is -0.397 e. The molecule has 0 saturated carbocycles. The minimum absolute atomic E-state index is 0.228. The topological polar surface area (TPSA) is 75.9 Å². The molecule has 0 unspecified atom stereocenters. The Kier molecular flexibility index (Phi) is 5.16. The van der Waals surface area contributed by atoms with Gasteiger partial charge in [0.15, 0.2) is 0 Å². The van der Waals surface area contributed by atoms with Crippen molar-refractivity contribution in [1.29, 1.82) is 0 Å². The van der Waals surface area contributed by atoms with E-state index < -0.39 is 10.0 Å². The number of likely N-dealkylation sites (N-methyl/N-ethyl adjacent to an activating group) is 1. The summed E-state index contributed by atoms with van der Waals surface area (Å²) in [6.07, 6.45) is 0. The van der Waals surface area contributed by atoms with Gasteiger partial charge in [-0.3, -0.25) is 0 Å². The molecule has 0 aromatic heterocycles. The molecule has 0 fully saturated rings. The van der Waals surface area contributed by atoms with Crippen molar-refractivity contribution in [1.82, 2.24) is 4.31 Å². The number of methoxy groups -OCH3 is 1. The molecular weight excluding hydrogens is 266 g/mol. The van der Waals surface area contributed by atoms with Crippen molar-refractivity contribution in [3.05, 3.63) is 18.2 Å². The number of nitrogens with zero attached hydrogens (tertiary/aromatic N) is 2. The van der Waals surface area contributed by atoms with Gasteiger partial charge in [-0.15, -0.1) is 0 Å². The van der Waals surface area contributed by atoms with Crippen molar-refractivity contribution in [2.24, 2.45) is 0 Å². The number of hydrogen-bond donors (Lipinski definition) is 1. The van der Waals surface area contributed by atoms with Gasteiger partial charge in [0, 0.05) is 34.8 Å². The molecule has 0 aliphatic heterocycles. The zero-order valence-electron chi connectivity index (χ0n) is 11.8. The largest absolute Gasteiger partial charge is 0.397 e. The van der Waals surface area contributed by atoms with Gasteiger partial charge in [-0.05, 0) is 18.2 Å². The van der Waals surface area contributed by atoms with Gasteiger partial charge in [0.05, 0.1) is 22.9 Å². The van der Waals surface area contributed by atoms with Crippen LogP contribution >= 0.6 is 0 Å². The van der Waals surface area contributed by atoms with Gasteiger partial charge in [0.2, 0.25) is 10.0 Å². The second kappa shape index (κ2) is 6.23. The Balaban J connectivity index is 3.14. The Bertz CT molecular complexity index is 529. The van der Waals surface area contributed by atoms with E-state index in [1.807, 2.05) is 11.9 Å². The van der Waals surface area contributed by atoms with Crippen molar-refractivity contribution < 1.29 is 13.2 Å². The minimum atomic E-state index is -3.45. The monoisotopic (exact) mass is 287 g/mol. The summed E-state index contributed by atoms with van der Waals surface area (Å²) in [5.41, 5.74) is 7.11. The fraction of sp³-hybridized carbons (Fsp3) is 0.500. The SMILES string of the molecule is COCCN(C)c1cc(S(=O)(=O)N(C)C)ccc1N. The second-order valence-corrected chi connectivity index (χ2v) is 6.57. The van der Waals surface area contributed by atoms with Crippen molar-refractivity contribution >= 4 is 21.4 Å². The van der Waals surface area contributed by atoms with Gasteiger partial charge >= 0.3 is 0 Å². The Labute approximate surface area is 114 Å². The molecule has 19 heavy (non-hydrogen) atoms. The predicted molar refractivity (Wildman–Crippen MR) is 76.9 cm³/mol. The van der Waals surface area contributed by atoms with E-state index in [1.165, 1.54) is 24.5 Å². The normalized spacial score (nSPS) is 11.8. The van der Waals surface area contributed by atoms with Crippen LogP contribution in [0.15, 0.2) is 23.1 Å². The summed E-state index contributed by atoms with van der Waals surface area (Å²) in [7, 11) is 3.01. The molecule has 0 radical (unpaired) electrons. The molecule has 1 aromatic rings. The molecule has 2 N–H and O–H groups in total. The first-order valence-corrected chi connectivity index (χ1v) is 7.27. The summed E-state index contributed by atoms with van der Waals surface area (Å²) >= 11 is 0. The Hall–Kier alpha value is -1.31. The zero-order valence-corrected chi connectivity index (χ0v) is 12.6. The van der Waals surface area contributed by atoms with Crippen LogP contribution in [0.1, 0.15) is 0 Å². The molecule has 108 valence electrons. The number of hydrogen-bond acceptors (Lipinski definition) is 5. The third-order valence-electron chi connectivity index (χ3n) is 2.82. The van der Waals surface area contributed by atoms with Crippen molar-refractivity contribution in [2.75, 3.05) is 52.0 Å². The lowest BCUT2D eigenvalue weighted by atomic mass is 10.2. The van der Waals surface area contributed by atoms with E-state index in [0.717, 1.165) is 0 Å². The number of rotatable bonds is 6. The summed E-state index contributed by atoms with van der Waals surface area (Å²) in [6, 6.07) is 4.70. The maximum Gasteiger partial charge on any atom is 0.242 e.